The van der Waals surface area contributed by atoms with E-state index in [0.717, 1.165) is 29.1 Å². The second-order valence-electron chi connectivity index (χ2n) is 4.58. The summed E-state index contributed by atoms with van der Waals surface area (Å²) in [4.78, 5) is 0. The Morgan fingerprint density at radius 2 is 2.06 bits per heavy atom. The number of aryl methyl sites for hydroxylation is 1. The van der Waals surface area contributed by atoms with E-state index in [1.807, 2.05) is 42.2 Å². The highest BCUT2D eigenvalue weighted by Gasteiger charge is 2.12. The van der Waals surface area contributed by atoms with E-state index in [9.17, 15) is 0 Å². The molecule has 18 heavy (non-hydrogen) atoms. The highest BCUT2D eigenvalue weighted by molar-refractivity contribution is 6.31. The summed E-state index contributed by atoms with van der Waals surface area (Å²) in [6.07, 6.45) is 3.74. The Morgan fingerprint density at radius 3 is 2.67 bits per heavy atom. The van der Waals surface area contributed by atoms with Crippen LogP contribution in [0.4, 0.5) is 0 Å². The summed E-state index contributed by atoms with van der Waals surface area (Å²) in [5.74, 6) is 0.375. The van der Waals surface area contributed by atoms with Crippen molar-refractivity contribution in [1.29, 1.82) is 0 Å². The van der Waals surface area contributed by atoms with Crippen LogP contribution < -0.4 is 5.73 Å². The molecule has 2 aromatic rings. The van der Waals surface area contributed by atoms with E-state index < -0.39 is 0 Å². The van der Waals surface area contributed by atoms with Gasteiger partial charge in [0.05, 0.1) is 5.69 Å². The minimum atomic E-state index is 0.375. The minimum absolute atomic E-state index is 0.375. The van der Waals surface area contributed by atoms with Gasteiger partial charge in [0.1, 0.15) is 0 Å². The van der Waals surface area contributed by atoms with E-state index in [1.54, 1.807) is 0 Å². The Bertz CT molecular complexity index is 507. The maximum Gasteiger partial charge on any atom is 0.0627 e. The fourth-order valence-electron chi connectivity index (χ4n) is 2.08. The first-order valence-electron chi connectivity index (χ1n) is 6.11. The molecule has 2 N–H and O–H groups in total. The Kier molecular flexibility index (Phi) is 4.39. The van der Waals surface area contributed by atoms with Crippen LogP contribution in [0.15, 0.2) is 36.5 Å². The monoisotopic (exact) mass is 263 g/mol. The zero-order valence-corrected chi connectivity index (χ0v) is 11.3. The molecule has 3 nitrogen and oxygen atoms in total. The van der Waals surface area contributed by atoms with E-state index in [2.05, 4.69) is 11.2 Å². The molecular weight excluding hydrogens is 246 g/mol. The molecule has 0 saturated heterocycles. The Labute approximate surface area is 113 Å². The predicted octanol–water partition coefficient (Wildman–Crippen LogP) is 2.43. The third-order valence-corrected chi connectivity index (χ3v) is 3.44. The summed E-state index contributed by atoms with van der Waals surface area (Å²) < 4.78 is 1.82. The Hall–Kier alpha value is -1.32. The molecule has 0 saturated carbocycles. The van der Waals surface area contributed by atoms with Crippen LogP contribution in [-0.4, -0.2) is 16.3 Å². The van der Waals surface area contributed by atoms with E-state index in [0.29, 0.717) is 12.5 Å². The van der Waals surface area contributed by atoms with Gasteiger partial charge in [0.25, 0.3) is 0 Å². The highest BCUT2D eigenvalue weighted by Crippen LogP contribution is 2.20. The van der Waals surface area contributed by atoms with Crippen molar-refractivity contribution in [1.82, 2.24) is 9.78 Å². The second-order valence-corrected chi connectivity index (χ2v) is 4.99. The van der Waals surface area contributed by atoms with Crippen LogP contribution in [0.25, 0.3) is 0 Å². The largest absolute Gasteiger partial charge is 0.330 e. The summed E-state index contributed by atoms with van der Waals surface area (Å²) in [5, 5.41) is 5.21. The molecule has 1 atom stereocenters. The standard InChI is InChI=1S/C14H18ClN3/c1-18-7-6-13(17-18)9-11(10-16)8-12-4-2-3-5-14(12)15/h2-7,11H,8-10,16H2,1H3. The van der Waals surface area contributed by atoms with Crippen LogP contribution in [0.2, 0.25) is 5.02 Å². The van der Waals surface area contributed by atoms with Crippen LogP contribution in [0.1, 0.15) is 11.3 Å². The molecule has 1 unspecified atom stereocenters. The summed E-state index contributed by atoms with van der Waals surface area (Å²) in [5.41, 5.74) is 8.09. The van der Waals surface area contributed by atoms with Gasteiger partial charge in [-0.2, -0.15) is 5.10 Å². The molecule has 0 spiro atoms. The van der Waals surface area contributed by atoms with Crippen molar-refractivity contribution in [2.75, 3.05) is 6.54 Å². The lowest BCUT2D eigenvalue weighted by Gasteiger charge is -2.14. The molecule has 1 heterocycles. The van der Waals surface area contributed by atoms with Gasteiger partial charge in [0.15, 0.2) is 0 Å². The predicted molar refractivity (Wildman–Crippen MR) is 74.6 cm³/mol. The number of nitrogens with two attached hydrogens (primary N) is 1. The first-order valence-corrected chi connectivity index (χ1v) is 6.49. The fraction of sp³-hybridized carbons (Fsp3) is 0.357. The summed E-state index contributed by atoms with van der Waals surface area (Å²) >= 11 is 6.17. The highest BCUT2D eigenvalue weighted by atomic mass is 35.5. The zero-order valence-electron chi connectivity index (χ0n) is 10.5. The van der Waals surface area contributed by atoms with Crippen molar-refractivity contribution < 1.29 is 0 Å². The van der Waals surface area contributed by atoms with Gasteiger partial charge in [-0.15, -0.1) is 0 Å². The molecular formula is C14H18ClN3. The van der Waals surface area contributed by atoms with Crippen molar-refractivity contribution in [3.05, 3.63) is 52.8 Å². The minimum Gasteiger partial charge on any atom is -0.330 e. The zero-order chi connectivity index (χ0) is 13.0. The lowest BCUT2D eigenvalue weighted by molar-refractivity contribution is 0.522. The van der Waals surface area contributed by atoms with Gasteiger partial charge < -0.3 is 5.73 Å². The van der Waals surface area contributed by atoms with E-state index >= 15 is 0 Å². The third kappa shape index (κ3) is 3.34. The first-order chi connectivity index (χ1) is 8.69. The van der Waals surface area contributed by atoms with Crippen LogP contribution >= 0.6 is 11.6 Å². The molecule has 0 aliphatic heterocycles. The van der Waals surface area contributed by atoms with Crippen molar-refractivity contribution in [2.45, 2.75) is 12.8 Å². The average molecular weight is 264 g/mol. The summed E-state index contributed by atoms with van der Waals surface area (Å²) in [7, 11) is 1.93. The number of aromatic nitrogens is 2. The average Bonchev–Trinajstić information content (AvgIpc) is 2.76. The Balaban J connectivity index is 2.04. The molecule has 0 amide bonds. The maximum absolute atomic E-state index is 6.17. The quantitative estimate of drug-likeness (QED) is 0.901. The van der Waals surface area contributed by atoms with Gasteiger partial charge in [0.2, 0.25) is 0 Å². The van der Waals surface area contributed by atoms with Crippen molar-refractivity contribution in [3.63, 3.8) is 0 Å². The molecule has 4 heteroatoms. The number of hydrogen-bond donors (Lipinski definition) is 1. The van der Waals surface area contributed by atoms with Crippen molar-refractivity contribution >= 4 is 11.6 Å². The fourth-order valence-corrected chi connectivity index (χ4v) is 2.29. The number of rotatable bonds is 5. The van der Waals surface area contributed by atoms with Gasteiger partial charge in [0, 0.05) is 18.3 Å². The molecule has 0 radical (unpaired) electrons. The van der Waals surface area contributed by atoms with Crippen molar-refractivity contribution in [2.24, 2.45) is 18.7 Å². The molecule has 96 valence electrons. The summed E-state index contributed by atoms with van der Waals surface area (Å²) in [6, 6.07) is 9.97. The normalized spacial score (nSPS) is 12.6. The van der Waals surface area contributed by atoms with Crippen molar-refractivity contribution in [3.8, 4) is 0 Å². The first kappa shape index (κ1) is 13.1. The van der Waals surface area contributed by atoms with Crippen LogP contribution in [0, 0.1) is 5.92 Å². The van der Waals surface area contributed by atoms with E-state index in [1.165, 1.54) is 0 Å². The van der Waals surface area contributed by atoms with Crippen LogP contribution in [0.5, 0.6) is 0 Å². The number of benzene rings is 1. The van der Waals surface area contributed by atoms with Gasteiger partial charge in [-0.1, -0.05) is 29.8 Å². The van der Waals surface area contributed by atoms with Gasteiger partial charge >= 0.3 is 0 Å². The second kappa shape index (κ2) is 6.03. The third-order valence-electron chi connectivity index (χ3n) is 3.07. The van der Waals surface area contributed by atoms with Crippen LogP contribution in [0.3, 0.4) is 0 Å². The van der Waals surface area contributed by atoms with E-state index in [4.69, 9.17) is 17.3 Å². The number of nitrogens with zero attached hydrogens (tertiary/aromatic N) is 2. The maximum atomic E-state index is 6.17. The lowest BCUT2D eigenvalue weighted by Crippen LogP contribution is -2.19. The smallest absolute Gasteiger partial charge is 0.0627 e. The van der Waals surface area contributed by atoms with Gasteiger partial charge in [-0.25, -0.2) is 0 Å². The van der Waals surface area contributed by atoms with Gasteiger partial charge in [-0.05, 0) is 43.0 Å². The SMILES string of the molecule is Cn1ccc(CC(CN)Cc2ccccc2Cl)n1. The molecule has 0 fully saturated rings. The number of hydrogen-bond acceptors (Lipinski definition) is 2. The molecule has 0 aliphatic carbocycles. The Morgan fingerprint density at radius 1 is 1.28 bits per heavy atom. The molecule has 1 aromatic carbocycles. The van der Waals surface area contributed by atoms with Crippen LogP contribution in [-0.2, 0) is 19.9 Å². The molecule has 0 aliphatic rings. The lowest BCUT2D eigenvalue weighted by atomic mass is 9.95. The molecule has 0 bridgehead atoms. The van der Waals surface area contributed by atoms with Gasteiger partial charge in [-0.3, -0.25) is 4.68 Å². The summed E-state index contributed by atoms with van der Waals surface area (Å²) in [6.45, 7) is 0.641. The number of halogens is 1. The topological polar surface area (TPSA) is 43.8 Å². The molecule has 1 aromatic heterocycles. The molecule has 2 rings (SSSR count). The van der Waals surface area contributed by atoms with E-state index in [-0.39, 0.29) is 0 Å².